The molecule has 1 aromatic heterocycles. The van der Waals surface area contributed by atoms with Gasteiger partial charge < -0.3 is 9.32 Å². The molecule has 2 heteroatoms. The maximum atomic E-state index is 5.69. The Morgan fingerprint density at radius 2 is 2.29 bits per heavy atom. The van der Waals surface area contributed by atoms with Gasteiger partial charge in [-0.2, -0.15) is 0 Å². The van der Waals surface area contributed by atoms with Gasteiger partial charge in [0.15, 0.2) is 0 Å². The second-order valence-corrected chi connectivity index (χ2v) is 5.69. The normalized spacial score (nSPS) is 23.8. The molecular weight excluding hydrogens is 210 g/mol. The third kappa shape index (κ3) is 3.60. The van der Waals surface area contributed by atoms with Crippen LogP contribution in [-0.2, 0) is 0 Å². The molecule has 0 spiro atoms. The Bertz CT molecular complexity index is 344. The van der Waals surface area contributed by atoms with E-state index < -0.39 is 0 Å². The van der Waals surface area contributed by atoms with Crippen LogP contribution in [0.2, 0.25) is 0 Å². The minimum atomic E-state index is 0.543. The summed E-state index contributed by atoms with van der Waals surface area (Å²) < 4.78 is 5.69. The summed E-state index contributed by atoms with van der Waals surface area (Å²) in [5.41, 5.74) is 0. The topological polar surface area (TPSA) is 16.4 Å². The predicted molar refractivity (Wildman–Crippen MR) is 71.3 cm³/mol. The lowest BCUT2D eigenvalue weighted by atomic mass is 9.99. The smallest absolute Gasteiger partial charge is 0.107 e. The van der Waals surface area contributed by atoms with Gasteiger partial charge in [-0.1, -0.05) is 13.8 Å². The molecule has 2 heterocycles. The molecule has 17 heavy (non-hydrogen) atoms. The molecule has 0 aromatic carbocycles. The molecule has 0 radical (unpaired) electrons. The molecule has 96 valence electrons. The van der Waals surface area contributed by atoms with Crippen molar-refractivity contribution in [2.75, 3.05) is 19.6 Å². The molecular formula is C15H25NO. The third-order valence-electron chi connectivity index (χ3n) is 3.87. The first-order chi connectivity index (χ1) is 8.15. The van der Waals surface area contributed by atoms with E-state index in [0.717, 1.165) is 17.4 Å². The number of piperidine rings is 1. The summed E-state index contributed by atoms with van der Waals surface area (Å²) in [6.45, 7) is 10.4. The highest BCUT2D eigenvalue weighted by atomic mass is 16.3. The molecule has 2 rings (SSSR count). The van der Waals surface area contributed by atoms with Crippen LogP contribution in [-0.4, -0.2) is 24.5 Å². The number of hydrogen-bond donors (Lipinski definition) is 0. The van der Waals surface area contributed by atoms with Crippen molar-refractivity contribution in [1.29, 1.82) is 0 Å². The van der Waals surface area contributed by atoms with Crippen LogP contribution < -0.4 is 0 Å². The first kappa shape index (κ1) is 12.7. The standard InChI is InChI=1S/C15H25NO/c1-12-5-4-9-16(11-12)10-8-13(2)15-7-6-14(3)17-15/h6-7,12-13H,4-5,8-11H2,1-3H3/t12-,13+/m0/s1. The van der Waals surface area contributed by atoms with E-state index in [0.29, 0.717) is 5.92 Å². The van der Waals surface area contributed by atoms with Gasteiger partial charge in [0.2, 0.25) is 0 Å². The van der Waals surface area contributed by atoms with E-state index in [1.165, 1.54) is 38.9 Å². The van der Waals surface area contributed by atoms with Gasteiger partial charge in [-0.15, -0.1) is 0 Å². The molecule has 0 bridgehead atoms. The van der Waals surface area contributed by atoms with Crippen LogP contribution in [0.25, 0.3) is 0 Å². The number of furan rings is 1. The molecule has 0 unspecified atom stereocenters. The lowest BCUT2D eigenvalue weighted by Gasteiger charge is -2.31. The average molecular weight is 235 g/mol. The van der Waals surface area contributed by atoms with Gasteiger partial charge in [-0.05, 0) is 57.3 Å². The highest BCUT2D eigenvalue weighted by Gasteiger charge is 2.17. The Kier molecular flexibility index (Phi) is 4.27. The van der Waals surface area contributed by atoms with Crippen molar-refractivity contribution in [1.82, 2.24) is 4.90 Å². The van der Waals surface area contributed by atoms with Gasteiger partial charge in [0, 0.05) is 12.5 Å². The van der Waals surface area contributed by atoms with Crippen molar-refractivity contribution < 1.29 is 4.42 Å². The fourth-order valence-electron chi connectivity index (χ4n) is 2.73. The zero-order valence-corrected chi connectivity index (χ0v) is 11.4. The fraction of sp³-hybridized carbons (Fsp3) is 0.733. The summed E-state index contributed by atoms with van der Waals surface area (Å²) in [6, 6.07) is 4.19. The first-order valence-electron chi connectivity index (χ1n) is 6.94. The first-order valence-corrected chi connectivity index (χ1v) is 6.94. The van der Waals surface area contributed by atoms with Gasteiger partial charge in [0.1, 0.15) is 11.5 Å². The summed E-state index contributed by atoms with van der Waals surface area (Å²) in [6.07, 6.45) is 3.98. The van der Waals surface area contributed by atoms with E-state index in [9.17, 15) is 0 Å². The highest BCUT2D eigenvalue weighted by molar-refractivity contribution is 5.09. The Morgan fingerprint density at radius 1 is 1.47 bits per heavy atom. The lowest BCUT2D eigenvalue weighted by molar-refractivity contribution is 0.177. The van der Waals surface area contributed by atoms with Crippen molar-refractivity contribution in [2.24, 2.45) is 5.92 Å². The molecule has 1 saturated heterocycles. The van der Waals surface area contributed by atoms with Gasteiger partial charge in [0.05, 0.1) is 0 Å². The fourth-order valence-corrected chi connectivity index (χ4v) is 2.73. The van der Waals surface area contributed by atoms with Crippen LogP contribution in [0.1, 0.15) is 50.5 Å². The van der Waals surface area contributed by atoms with E-state index >= 15 is 0 Å². The van der Waals surface area contributed by atoms with E-state index in [-0.39, 0.29) is 0 Å². The van der Waals surface area contributed by atoms with E-state index in [1.54, 1.807) is 0 Å². The quantitative estimate of drug-likeness (QED) is 0.789. The Labute approximate surface area is 105 Å². The second kappa shape index (κ2) is 5.72. The molecule has 0 aliphatic carbocycles. The average Bonchev–Trinajstić information content (AvgIpc) is 2.73. The number of likely N-dealkylation sites (tertiary alicyclic amines) is 1. The molecule has 1 aromatic rings. The predicted octanol–water partition coefficient (Wildman–Crippen LogP) is 3.81. The van der Waals surface area contributed by atoms with Gasteiger partial charge in [-0.3, -0.25) is 0 Å². The van der Waals surface area contributed by atoms with Crippen molar-refractivity contribution in [3.8, 4) is 0 Å². The molecule has 1 aliphatic rings. The zero-order valence-electron chi connectivity index (χ0n) is 11.4. The molecule has 2 nitrogen and oxygen atoms in total. The highest BCUT2D eigenvalue weighted by Crippen LogP contribution is 2.23. The van der Waals surface area contributed by atoms with Crippen molar-refractivity contribution in [3.63, 3.8) is 0 Å². The number of hydrogen-bond acceptors (Lipinski definition) is 2. The maximum absolute atomic E-state index is 5.69. The molecule has 1 aliphatic heterocycles. The second-order valence-electron chi connectivity index (χ2n) is 5.69. The minimum Gasteiger partial charge on any atom is -0.466 e. The minimum absolute atomic E-state index is 0.543. The molecule has 0 N–H and O–H groups in total. The van der Waals surface area contributed by atoms with Gasteiger partial charge in [0.25, 0.3) is 0 Å². The summed E-state index contributed by atoms with van der Waals surface area (Å²) in [5, 5.41) is 0. The summed E-state index contributed by atoms with van der Waals surface area (Å²) in [5.74, 6) is 3.59. The molecule has 0 amide bonds. The lowest BCUT2D eigenvalue weighted by Crippen LogP contribution is -2.35. The van der Waals surface area contributed by atoms with Crippen molar-refractivity contribution in [2.45, 2.75) is 46.0 Å². The number of rotatable bonds is 4. The van der Waals surface area contributed by atoms with Crippen LogP contribution in [0, 0.1) is 12.8 Å². The summed E-state index contributed by atoms with van der Waals surface area (Å²) in [7, 11) is 0. The van der Waals surface area contributed by atoms with E-state index in [2.05, 4.69) is 30.9 Å². The van der Waals surface area contributed by atoms with Gasteiger partial charge >= 0.3 is 0 Å². The SMILES string of the molecule is Cc1ccc([C@H](C)CCN2CCC[C@H](C)C2)o1. The van der Waals surface area contributed by atoms with Crippen LogP contribution in [0.4, 0.5) is 0 Å². The maximum Gasteiger partial charge on any atom is 0.107 e. The molecule has 2 atom stereocenters. The van der Waals surface area contributed by atoms with E-state index in [4.69, 9.17) is 4.42 Å². The van der Waals surface area contributed by atoms with Crippen molar-refractivity contribution >= 4 is 0 Å². The monoisotopic (exact) mass is 235 g/mol. The largest absolute Gasteiger partial charge is 0.466 e. The summed E-state index contributed by atoms with van der Waals surface area (Å²) >= 11 is 0. The van der Waals surface area contributed by atoms with Crippen LogP contribution >= 0.6 is 0 Å². The molecule has 0 saturated carbocycles. The van der Waals surface area contributed by atoms with Crippen LogP contribution in [0.5, 0.6) is 0 Å². The van der Waals surface area contributed by atoms with E-state index in [1.807, 2.05) is 6.92 Å². The number of aryl methyl sites for hydroxylation is 1. The Hall–Kier alpha value is -0.760. The van der Waals surface area contributed by atoms with Crippen LogP contribution in [0.15, 0.2) is 16.5 Å². The van der Waals surface area contributed by atoms with Gasteiger partial charge in [-0.25, -0.2) is 0 Å². The van der Waals surface area contributed by atoms with Crippen molar-refractivity contribution in [3.05, 3.63) is 23.7 Å². The Balaban J connectivity index is 1.77. The zero-order chi connectivity index (χ0) is 12.3. The summed E-state index contributed by atoms with van der Waals surface area (Å²) in [4.78, 5) is 2.61. The van der Waals surface area contributed by atoms with Crippen LogP contribution in [0.3, 0.4) is 0 Å². The molecule has 1 fully saturated rings. The Morgan fingerprint density at radius 3 is 2.94 bits per heavy atom. The third-order valence-corrected chi connectivity index (χ3v) is 3.87. The number of nitrogens with zero attached hydrogens (tertiary/aromatic N) is 1.